The van der Waals surface area contributed by atoms with Crippen molar-refractivity contribution in [3.63, 3.8) is 0 Å². The normalized spacial score (nSPS) is 10.8. The molecular formula is C8H14N4O. The molecule has 1 aromatic heterocycles. The van der Waals surface area contributed by atoms with Crippen LogP contribution in [-0.2, 0) is 7.05 Å². The highest BCUT2D eigenvalue weighted by molar-refractivity contribution is 5.98. The number of rotatable bonds is 2. The van der Waals surface area contributed by atoms with Gasteiger partial charge >= 0.3 is 0 Å². The maximum Gasteiger partial charge on any atom is 0.254 e. The summed E-state index contributed by atoms with van der Waals surface area (Å²) in [5.74, 6) is -0.0449. The number of carbonyl (C=O) groups is 1. The van der Waals surface area contributed by atoms with E-state index in [0.29, 0.717) is 17.1 Å². The molecule has 0 saturated carbocycles. The van der Waals surface area contributed by atoms with Crippen molar-refractivity contribution in [1.29, 1.82) is 0 Å². The Balaban J connectivity index is 3.35. The van der Waals surface area contributed by atoms with Crippen molar-refractivity contribution in [2.24, 2.45) is 12.8 Å². The van der Waals surface area contributed by atoms with Crippen LogP contribution in [-0.4, -0.2) is 15.7 Å². The van der Waals surface area contributed by atoms with E-state index in [1.165, 1.54) is 4.68 Å². The Labute approximate surface area is 76.7 Å². The van der Waals surface area contributed by atoms with E-state index in [0.717, 1.165) is 0 Å². The highest BCUT2D eigenvalue weighted by Gasteiger charge is 2.20. The zero-order chi connectivity index (χ0) is 10.2. The van der Waals surface area contributed by atoms with Gasteiger partial charge in [0.2, 0.25) is 0 Å². The van der Waals surface area contributed by atoms with Crippen LogP contribution in [0.15, 0.2) is 0 Å². The molecule has 0 aliphatic carbocycles. The second-order valence-electron chi connectivity index (χ2n) is 3.29. The first-order valence-electron chi connectivity index (χ1n) is 4.07. The largest absolute Gasteiger partial charge is 0.383 e. The van der Waals surface area contributed by atoms with E-state index < -0.39 is 5.91 Å². The van der Waals surface area contributed by atoms with Gasteiger partial charge < -0.3 is 11.5 Å². The molecule has 0 bridgehead atoms. The molecule has 0 unspecified atom stereocenters. The van der Waals surface area contributed by atoms with Crippen LogP contribution < -0.4 is 11.5 Å². The number of amides is 1. The van der Waals surface area contributed by atoms with Gasteiger partial charge in [-0.1, -0.05) is 13.8 Å². The molecule has 1 amide bonds. The maximum absolute atomic E-state index is 11.0. The third-order valence-corrected chi connectivity index (χ3v) is 1.91. The summed E-state index contributed by atoms with van der Waals surface area (Å²) in [4.78, 5) is 11.0. The summed E-state index contributed by atoms with van der Waals surface area (Å²) in [7, 11) is 1.69. The Bertz CT molecular complexity index is 340. The fourth-order valence-electron chi connectivity index (χ4n) is 1.22. The van der Waals surface area contributed by atoms with Crippen molar-refractivity contribution in [3.05, 3.63) is 11.3 Å². The van der Waals surface area contributed by atoms with Crippen LogP contribution in [0.4, 0.5) is 5.82 Å². The summed E-state index contributed by atoms with van der Waals surface area (Å²) in [5.41, 5.74) is 11.8. The van der Waals surface area contributed by atoms with Crippen molar-refractivity contribution < 1.29 is 4.79 Å². The number of nitrogens with zero attached hydrogens (tertiary/aromatic N) is 2. The summed E-state index contributed by atoms with van der Waals surface area (Å²) >= 11 is 0. The van der Waals surface area contributed by atoms with E-state index in [-0.39, 0.29) is 5.92 Å². The number of nitrogen functional groups attached to an aromatic ring is 1. The molecule has 0 radical (unpaired) electrons. The number of hydrogen-bond donors (Lipinski definition) is 2. The molecule has 13 heavy (non-hydrogen) atoms. The van der Waals surface area contributed by atoms with Crippen molar-refractivity contribution in [1.82, 2.24) is 9.78 Å². The molecular weight excluding hydrogens is 168 g/mol. The first-order chi connectivity index (χ1) is 5.95. The molecule has 0 atom stereocenters. The number of hydrogen-bond acceptors (Lipinski definition) is 3. The van der Waals surface area contributed by atoms with Gasteiger partial charge in [0.15, 0.2) is 0 Å². The van der Waals surface area contributed by atoms with Gasteiger partial charge in [-0.15, -0.1) is 0 Å². The van der Waals surface area contributed by atoms with E-state index in [1.807, 2.05) is 13.8 Å². The standard InChI is InChI=1S/C8H14N4O/c1-4(2)6-5(8(10)13)7(9)12(3)11-6/h4H,9H2,1-3H3,(H2,10,13). The number of primary amides is 1. The molecule has 0 aromatic carbocycles. The third kappa shape index (κ3) is 1.49. The van der Waals surface area contributed by atoms with E-state index >= 15 is 0 Å². The predicted octanol–water partition coefficient (Wildman–Crippen LogP) is 0.225. The van der Waals surface area contributed by atoms with Gasteiger partial charge in [0, 0.05) is 7.05 Å². The quantitative estimate of drug-likeness (QED) is 0.686. The molecule has 4 N–H and O–H groups in total. The SMILES string of the molecule is CC(C)c1nn(C)c(N)c1C(N)=O. The lowest BCUT2D eigenvalue weighted by Crippen LogP contribution is -2.15. The Kier molecular flexibility index (Phi) is 2.27. The molecule has 0 aliphatic heterocycles. The van der Waals surface area contributed by atoms with E-state index in [2.05, 4.69) is 5.10 Å². The zero-order valence-electron chi connectivity index (χ0n) is 8.03. The minimum Gasteiger partial charge on any atom is -0.383 e. The van der Waals surface area contributed by atoms with Crippen LogP contribution in [0.5, 0.6) is 0 Å². The van der Waals surface area contributed by atoms with E-state index in [1.54, 1.807) is 7.05 Å². The number of anilines is 1. The predicted molar refractivity (Wildman–Crippen MR) is 50.2 cm³/mol. The lowest BCUT2D eigenvalue weighted by molar-refractivity contribution is 0.1000. The fourth-order valence-corrected chi connectivity index (χ4v) is 1.22. The summed E-state index contributed by atoms with van der Waals surface area (Å²) in [6.07, 6.45) is 0. The smallest absolute Gasteiger partial charge is 0.254 e. The van der Waals surface area contributed by atoms with Crippen molar-refractivity contribution in [3.8, 4) is 0 Å². The molecule has 5 heteroatoms. The monoisotopic (exact) mass is 182 g/mol. The number of carbonyl (C=O) groups excluding carboxylic acids is 1. The summed E-state index contributed by atoms with van der Waals surface area (Å²) in [6, 6.07) is 0. The molecule has 5 nitrogen and oxygen atoms in total. The number of aryl methyl sites for hydroxylation is 1. The third-order valence-electron chi connectivity index (χ3n) is 1.91. The Hall–Kier alpha value is -1.52. The van der Waals surface area contributed by atoms with Gasteiger partial charge in [-0.05, 0) is 5.92 Å². The van der Waals surface area contributed by atoms with E-state index in [4.69, 9.17) is 11.5 Å². The topological polar surface area (TPSA) is 86.9 Å². The van der Waals surface area contributed by atoms with Crippen LogP contribution in [0.1, 0.15) is 35.8 Å². The van der Waals surface area contributed by atoms with Gasteiger partial charge in [0.1, 0.15) is 11.4 Å². The van der Waals surface area contributed by atoms with Crippen molar-refractivity contribution in [2.45, 2.75) is 19.8 Å². The molecule has 0 saturated heterocycles. The average molecular weight is 182 g/mol. The minimum absolute atomic E-state index is 0.144. The molecule has 1 aromatic rings. The maximum atomic E-state index is 11.0. The number of nitrogens with two attached hydrogens (primary N) is 2. The Morgan fingerprint density at radius 2 is 2.08 bits per heavy atom. The minimum atomic E-state index is -0.519. The lowest BCUT2D eigenvalue weighted by atomic mass is 10.1. The summed E-state index contributed by atoms with van der Waals surface area (Å²) in [5, 5.41) is 4.12. The zero-order valence-corrected chi connectivity index (χ0v) is 8.03. The lowest BCUT2D eigenvalue weighted by Gasteiger charge is -2.01. The Morgan fingerprint density at radius 1 is 1.54 bits per heavy atom. The van der Waals surface area contributed by atoms with Crippen LogP contribution in [0.3, 0.4) is 0 Å². The van der Waals surface area contributed by atoms with E-state index in [9.17, 15) is 4.79 Å². The summed E-state index contributed by atoms with van der Waals surface area (Å²) < 4.78 is 1.47. The van der Waals surface area contributed by atoms with Gasteiger partial charge in [-0.25, -0.2) is 0 Å². The van der Waals surface area contributed by atoms with Crippen molar-refractivity contribution >= 4 is 11.7 Å². The van der Waals surface area contributed by atoms with Crippen molar-refractivity contribution in [2.75, 3.05) is 5.73 Å². The molecule has 72 valence electrons. The van der Waals surface area contributed by atoms with Gasteiger partial charge in [0.05, 0.1) is 5.69 Å². The van der Waals surface area contributed by atoms with Gasteiger partial charge in [-0.2, -0.15) is 5.10 Å². The molecule has 1 heterocycles. The second-order valence-corrected chi connectivity index (χ2v) is 3.29. The van der Waals surface area contributed by atoms with Gasteiger partial charge in [-0.3, -0.25) is 9.48 Å². The average Bonchev–Trinajstić information content (AvgIpc) is 2.28. The first kappa shape index (κ1) is 9.57. The highest BCUT2D eigenvalue weighted by atomic mass is 16.1. The molecule has 0 fully saturated rings. The molecule has 1 rings (SSSR count). The summed E-state index contributed by atoms with van der Waals surface area (Å²) in [6.45, 7) is 3.88. The highest BCUT2D eigenvalue weighted by Crippen LogP contribution is 2.22. The van der Waals surface area contributed by atoms with Crippen LogP contribution in [0.25, 0.3) is 0 Å². The first-order valence-corrected chi connectivity index (χ1v) is 4.07. The van der Waals surface area contributed by atoms with Gasteiger partial charge in [0.25, 0.3) is 5.91 Å². The number of aromatic nitrogens is 2. The molecule has 0 aliphatic rings. The fraction of sp³-hybridized carbons (Fsp3) is 0.500. The van der Waals surface area contributed by atoms with Crippen LogP contribution in [0, 0.1) is 0 Å². The van der Waals surface area contributed by atoms with Crippen LogP contribution >= 0.6 is 0 Å². The Morgan fingerprint density at radius 3 is 2.38 bits per heavy atom. The second kappa shape index (κ2) is 3.08. The molecule has 0 spiro atoms. The van der Waals surface area contributed by atoms with Crippen LogP contribution in [0.2, 0.25) is 0 Å².